The Labute approximate surface area is 183 Å². The highest BCUT2D eigenvalue weighted by atomic mass is 31.2. The maximum absolute atomic E-state index is 12.1. The summed E-state index contributed by atoms with van der Waals surface area (Å²) in [7, 11) is -15.8. The van der Waals surface area contributed by atoms with Crippen LogP contribution in [0.1, 0.15) is 0 Å². The van der Waals surface area contributed by atoms with Gasteiger partial charge in [0.1, 0.15) is 55.1 Å². The Morgan fingerprint density at radius 3 is 1.03 bits per heavy atom. The molecule has 9 N–H and O–H groups in total. The van der Waals surface area contributed by atoms with Crippen molar-refractivity contribution in [2.45, 2.75) is 36.6 Å². The Morgan fingerprint density at radius 1 is 0.545 bits per heavy atom. The molecule has 192 valence electrons. The number of hydrogen-bond donors (Lipinski definition) is 9. The van der Waals surface area contributed by atoms with Gasteiger partial charge in [0.2, 0.25) is 0 Å². The summed E-state index contributed by atoms with van der Waals surface area (Å²) in [6, 6.07) is 0. The topological polar surface area (TPSA) is 312 Å². The molecule has 21 heteroatoms. The molecule has 0 amide bonds. The van der Waals surface area contributed by atoms with E-state index in [4.69, 9.17) is 15.3 Å². The van der Waals surface area contributed by atoms with Gasteiger partial charge in [-0.05, 0) is 0 Å². The van der Waals surface area contributed by atoms with Gasteiger partial charge in [-0.3, -0.25) is 41.6 Å². The second-order valence-electron chi connectivity index (χ2n) is 6.75. The first-order valence-corrected chi connectivity index (χ1v) is 13.8. The van der Waals surface area contributed by atoms with Crippen LogP contribution in [-0.4, -0.2) is 118 Å². The molecule has 0 spiro atoms. The first-order chi connectivity index (χ1) is 14.8. The quantitative estimate of drug-likeness (QED) is 0.110. The number of aliphatic hydroxyl groups excluding tert-OH is 3. The minimum Gasteiger partial charge on any atom is -0.481 e. The van der Waals surface area contributed by atoms with Gasteiger partial charge in [0, 0.05) is 0 Å². The summed E-state index contributed by atoms with van der Waals surface area (Å²) in [4.78, 5) is 61.4. The highest BCUT2D eigenvalue weighted by molar-refractivity contribution is 7.54. The van der Waals surface area contributed by atoms with Crippen molar-refractivity contribution in [3.05, 3.63) is 0 Å². The molecule has 33 heavy (non-hydrogen) atoms. The van der Waals surface area contributed by atoms with E-state index < -0.39 is 95.8 Å². The number of hydrogen-bond acceptors (Lipinski definition) is 12. The first-order valence-electron chi connectivity index (χ1n) is 8.47. The van der Waals surface area contributed by atoms with E-state index in [1.165, 1.54) is 0 Å². The van der Waals surface area contributed by atoms with Crippen LogP contribution in [0.2, 0.25) is 0 Å². The first kappa shape index (κ1) is 29.8. The van der Waals surface area contributed by atoms with Gasteiger partial charge in [0.25, 0.3) is 0 Å². The second-order valence-corrected chi connectivity index (χ2v) is 12.2. The van der Waals surface area contributed by atoms with Gasteiger partial charge >= 0.3 is 40.7 Å². The van der Waals surface area contributed by atoms with Crippen molar-refractivity contribution in [2.75, 3.05) is 18.5 Å². The molecular formula is C12H21O18P3. The van der Waals surface area contributed by atoms with E-state index in [0.717, 1.165) is 0 Å². The summed E-state index contributed by atoms with van der Waals surface area (Å²) < 4.78 is 49.9. The Kier molecular flexibility index (Phi) is 9.91. The number of carboxylic acids is 3. The lowest BCUT2D eigenvalue weighted by atomic mass is 9.85. The van der Waals surface area contributed by atoms with Crippen molar-refractivity contribution >= 4 is 40.7 Å². The molecule has 18 nitrogen and oxygen atoms in total. The molecular weight excluding hydrogens is 525 g/mol. The molecule has 0 aromatic carbocycles. The van der Waals surface area contributed by atoms with Gasteiger partial charge in [0.05, 0.1) is 0 Å². The molecule has 0 saturated heterocycles. The highest BCUT2D eigenvalue weighted by Crippen LogP contribution is 2.53. The van der Waals surface area contributed by atoms with Gasteiger partial charge in [-0.2, -0.15) is 0 Å². The average molecular weight is 546 g/mol. The largest absolute Gasteiger partial charge is 0.481 e. The van der Waals surface area contributed by atoms with E-state index in [-0.39, 0.29) is 0 Å². The highest BCUT2D eigenvalue weighted by Gasteiger charge is 2.57. The molecule has 1 saturated carbocycles. The monoisotopic (exact) mass is 546 g/mol. The van der Waals surface area contributed by atoms with Crippen LogP contribution in [-0.2, 0) is 41.6 Å². The Morgan fingerprint density at radius 2 is 0.788 bits per heavy atom. The minimum absolute atomic E-state index is 1.60. The zero-order valence-electron chi connectivity index (χ0n) is 16.1. The molecule has 0 aromatic heterocycles. The molecule has 1 rings (SSSR count). The zero-order valence-corrected chi connectivity index (χ0v) is 18.8. The summed E-state index contributed by atoms with van der Waals surface area (Å²) in [5.74, 6) is -5.70. The Hall–Kier alpha value is -1.26. The average Bonchev–Trinajstić information content (AvgIpc) is 2.56. The van der Waals surface area contributed by atoms with Crippen LogP contribution in [0.5, 0.6) is 0 Å². The SMILES string of the molecule is O=C(O)CP(=O)(O)OC1[C@@H](OP(=O)(O)CC(=O)O)[C@H](O)C(O)[C@H](O)[C@@H]1OP(=O)(O)CC(=O)O. The number of carbonyl (C=O) groups is 3. The van der Waals surface area contributed by atoms with Crippen molar-refractivity contribution in [2.24, 2.45) is 0 Å². The maximum Gasteiger partial charge on any atom is 0.339 e. The van der Waals surface area contributed by atoms with E-state index >= 15 is 0 Å². The number of aliphatic carboxylic acids is 3. The fourth-order valence-electron chi connectivity index (χ4n) is 2.73. The van der Waals surface area contributed by atoms with Crippen LogP contribution in [0.15, 0.2) is 0 Å². The predicted octanol–water partition coefficient (Wildman–Crippen LogP) is -2.95. The second kappa shape index (κ2) is 11.0. The fourth-order valence-corrected chi connectivity index (χ4v) is 5.85. The van der Waals surface area contributed by atoms with Gasteiger partial charge in [-0.1, -0.05) is 0 Å². The summed E-state index contributed by atoms with van der Waals surface area (Å²) in [5.41, 5.74) is 0. The summed E-state index contributed by atoms with van der Waals surface area (Å²) in [6.07, 6.45) is -19.9. The molecule has 0 heterocycles. The van der Waals surface area contributed by atoms with Crippen LogP contribution in [0.3, 0.4) is 0 Å². The molecule has 0 aliphatic heterocycles. The van der Waals surface area contributed by atoms with Crippen molar-refractivity contribution in [1.29, 1.82) is 0 Å². The molecule has 1 aliphatic carbocycles. The molecule has 1 aliphatic rings. The lowest BCUT2D eigenvalue weighted by Gasteiger charge is -2.45. The molecule has 0 aromatic rings. The lowest BCUT2D eigenvalue weighted by Crippen LogP contribution is -2.65. The maximum atomic E-state index is 12.1. The standard InChI is InChI=1S/C12H21O18P3/c13-4(14)1-31(22,23)28-10-8(20)7(19)9(21)11(29-32(24,25)2-5(15)16)12(10)30-33(26,27)3-6(17)18/h7-12,19-21H,1-3H2,(H,13,14)(H,15,16)(H,17,18)(H,22,23)(H,24,25)(H,26,27)/t7?,8-,9+,10-,11-,12?/m0/s1. The lowest BCUT2D eigenvalue weighted by molar-refractivity contribution is -0.207. The Bertz CT molecular complexity index is 850. The van der Waals surface area contributed by atoms with Crippen molar-refractivity contribution in [1.82, 2.24) is 0 Å². The number of carboxylic acid groups (broad SMARTS) is 3. The third-order valence-electron chi connectivity index (χ3n) is 3.89. The summed E-state index contributed by atoms with van der Waals surface area (Å²) in [5, 5.41) is 56.4. The van der Waals surface area contributed by atoms with Gasteiger partial charge in [0.15, 0.2) is 0 Å². The number of rotatable bonds is 12. The van der Waals surface area contributed by atoms with Crippen LogP contribution in [0.25, 0.3) is 0 Å². The van der Waals surface area contributed by atoms with Crippen LogP contribution in [0.4, 0.5) is 0 Å². The van der Waals surface area contributed by atoms with E-state index in [0.29, 0.717) is 0 Å². The van der Waals surface area contributed by atoms with Crippen molar-refractivity contribution in [3.8, 4) is 0 Å². The van der Waals surface area contributed by atoms with Gasteiger partial charge in [-0.15, -0.1) is 0 Å². The Balaban J connectivity index is 3.50. The van der Waals surface area contributed by atoms with Gasteiger partial charge < -0.3 is 45.3 Å². The summed E-state index contributed by atoms with van der Waals surface area (Å²) >= 11 is 0. The van der Waals surface area contributed by atoms with E-state index in [1.54, 1.807) is 0 Å². The van der Waals surface area contributed by atoms with E-state index in [2.05, 4.69) is 13.6 Å². The van der Waals surface area contributed by atoms with Crippen molar-refractivity contribution < 1.29 is 87.0 Å². The smallest absolute Gasteiger partial charge is 0.339 e. The molecule has 1 fully saturated rings. The van der Waals surface area contributed by atoms with E-state index in [1.807, 2.05) is 0 Å². The molecule has 0 radical (unpaired) electrons. The van der Waals surface area contributed by atoms with Crippen LogP contribution >= 0.6 is 22.8 Å². The van der Waals surface area contributed by atoms with E-state index in [9.17, 15) is 58.1 Å². The summed E-state index contributed by atoms with van der Waals surface area (Å²) in [6.45, 7) is 0. The van der Waals surface area contributed by atoms with Crippen LogP contribution < -0.4 is 0 Å². The number of aliphatic hydroxyl groups is 3. The third-order valence-corrected chi connectivity index (χ3v) is 7.61. The predicted molar refractivity (Wildman–Crippen MR) is 99.6 cm³/mol. The molecule has 5 unspecified atom stereocenters. The zero-order chi connectivity index (χ0) is 25.9. The van der Waals surface area contributed by atoms with Crippen LogP contribution in [0, 0.1) is 0 Å². The molecule has 9 atom stereocenters. The third kappa shape index (κ3) is 9.13. The van der Waals surface area contributed by atoms with Crippen molar-refractivity contribution in [3.63, 3.8) is 0 Å². The fraction of sp³-hybridized carbons (Fsp3) is 0.750. The molecule has 0 bridgehead atoms. The normalized spacial score (nSPS) is 33.3. The minimum atomic E-state index is -5.29. The van der Waals surface area contributed by atoms with Gasteiger partial charge in [-0.25, -0.2) is 0 Å².